The Morgan fingerprint density at radius 3 is 2.62 bits per heavy atom. The van der Waals surface area contributed by atoms with E-state index in [1.165, 1.54) is 0 Å². The molecule has 1 amide bonds. The van der Waals surface area contributed by atoms with E-state index in [2.05, 4.69) is 16.0 Å². The van der Waals surface area contributed by atoms with Crippen LogP contribution in [0, 0.1) is 0 Å². The second kappa shape index (κ2) is 9.43. The van der Waals surface area contributed by atoms with Gasteiger partial charge in [0.1, 0.15) is 0 Å². The van der Waals surface area contributed by atoms with Gasteiger partial charge in [0, 0.05) is 12.2 Å². The van der Waals surface area contributed by atoms with Crippen LogP contribution in [-0.2, 0) is 11.3 Å². The van der Waals surface area contributed by atoms with Crippen LogP contribution in [0.1, 0.15) is 31.0 Å². The zero-order valence-corrected chi connectivity index (χ0v) is 17.6. The van der Waals surface area contributed by atoms with Gasteiger partial charge in [0.25, 0.3) is 5.91 Å². The van der Waals surface area contributed by atoms with Gasteiger partial charge < -0.3 is 25.4 Å². The summed E-state index contributed by atoms with van der Waals surface area (Å²) in [4.78, 5) is 13.1. The average molecular weight is 412 g/mol. The summed E-state index contributed by atoms with van der Waals surface area (Å²) >= 11 is 5.33. The van der Waals surface area contributed by atoms with E-state index in [0.717, 1.165) is 16.8 Å². The van der Waals surface area contributed by atoms with Crippen molar-refractivity contribution >= 4 is 23.2 Å². The summed E-state index contributed by atoms with van der Waals surface area (Å²) in [5, 5.41) is 9.73. The summed E-state index contributed by atoms with van der Waals surface area (Å²) in [6.07, 6.45) is 0. The minimum absolute atomic E-state index is 0.160. The molecule has 3 rings (SSSR count). The van der Waals surface area contributed by atoms with Gasteiger partial charge >= 0.3 is 0 Å². The van der Waals surface area contributed by atoms with Crippen LogP contribution < -0.4 is 25.4 Å². The molecule has 2 aromatic carbocycles. The van der Waals surface area contributed by atoms with Crippen LogP contribution in [0.25, 0.3) is 0 Å². The van der Waals surface area contributed by atoms with Gasteiger partial charge in [-0.15, -0.1) is 0 Å². The molecule has 0 aromatic heterocycles. The smallest absolute Gasteiger partial charge is 0.251 e. The first-order chi connectivity index (χ1) is 14.0. The molecule has 1 aliphatic rings. The molecule has 0 bridgehead atoms. The van der Waals surface area contributed by atoms with E-state index in [9.17, 15) is 4.79 Å². The molecule has 6 nitrogen and oxygen atoms in total. The van der Waals surface area contributed by atoms with Crippen molar-refractivity contribution < 1.29 is 14.3 Å². The predicted molar refractivity (Wildman–Crippen MR) is 117 cm³/mol. The van der Waals surface area contributed by atoms with Crippen LogP contribution >= 0.6 is 12.2 Å². The normalized spacial score (nSPS) is 16.0. The van der Waals surface area contributed by atoms with E-state index >= 15 is 0 Å². The average Bonchev–Trinajstić information content (AvgIpc) is 2.72. The first-order valence-electron chi connectivity index (χ1n) is 9.44. The van der Waals surface area contributed by atoms with Crippen molar-refractivity contribution in [1.29, 1.82) is 0 Å². The highest BCUT2D eigenvalue weighted by Gasteiger charge is 2.30. The third kappa shape index (κ3) is 4.86. The van der Waals surface area contributed by atoms with Gasteiger partial charge in [-0.2, -0.15) is 0 Å². The van der Waals surface area contributed by atoms with E-state index in [-0.39, 0.29) is 5.91 Å². The molecule has 0 radical (unpaired) electrons. The molecule has 152 valence electrons. The fourth-order valence-corrected chi connectivity index (χ4v) is 3.53. The molecular weight excluding hydrogens is 386 g/mol. The molecule has 0 spiro atoms. The highest BCUT2D eigenvalue weighted by Crippen LogP contribution is 2.34. The van der Waals surface area contributed by atoms with Crippen molar-refractivity contribution in [3.8, 4) is 11.5 Å². The number of ether oxygens (including phenoxy) is 2. The number of benzene rings is 2. The number of methoxy groups -OCH3 is 1. The van der Waals surface area contributed by atoms with Crippen LogP contribution in [0.3, 0.4) is 0 Å². The van der Waals surface area contributed by atoms with Crippen LogP contribution in [0.15, 0.2) is 59.8 Å². The van der Waals surface area contributed by atoms with Gasteiger partial charge in [-0.1, -0.05) is 36.4 Å². The van der Waals surface area contributed by atoms with E-state index in [4.69, 9.17) is 21.7 Å². The quantitative estimate of drug-likeness (QED) is 0.608. The maximum absolute atomic E-state index is 13.1. The van der Waals surface area contributed by atoms with E-state index in [1.54, 1.807) is 7.11 Å². The van der Waals surface area contributed by atoms with E-state index < -0.39 is 6.04 Å². The molecule has 7 heteroatoms. The molecule has 1 atom stereocenters. The van der Waals surface area contributed by atoms with Crippen molar-refractivity contribution in [2.45, 2.75) is 26.4 Å². The topological polar surface area (TPSA) is 71.6 Å². The van der Waals surface area contributed by atoms with Crippen molar-refractivity contribution in [3.05, 3.63) is 70.9 Å². The number of hydrogen-bond donors (Lipinski definition) is 3. The SMILES string of the molecule is CCOc1cc([C@@H]2NC(=S)NC(C)=C2C(=O)NCc2ccccc2)ccc1OC. The first-order valence-corrected chi connectivity index (χ1v) is 9.85. The van der Waals surface area contributed by atoms with Crippen LogP contribution in [0.4, 0.5) is 0 Å². The van der Waals surface area contributed by atoms with Gasteiger partial charge in [0.2, 0.25) is 0 Å². The number of carbonyl (C=O) groups is 1. The summed E-state index contributed by atoms with van der Waals surface area (Å²) in [6.45, 7) is 4.72. The lowest BCUT2D eigenvalue weighted by molar-refractivity contribution is -0.118. The standard InChI is InChI=1S/C22H25N3O3S/c1-4-28-18-12-16(10-11-17(18)27-3)20-19(14(2)24-22(29)25-20)21(26)23-13-15-8-6-5-7-9-15/h5-12,20H,4,13H2,1-3H3,(H,23,26)(H2,24,25,29)/t20-/m0/s1. The Hall–Kier alpha value is -3.06. The lowest BCUT2D eigenvalue weighted by Crippen LogP contribution is -2.46. The van der Waals surface area contributed by atoms with Gasteiger partial charge in [-0.3, -0.25) is 4.79 Å². The Kier molecular flexibility index (Phi) is 6.72. The first kappa shape index (κ1) is 20.7. The third-order valence-corrected chi connectivity index (χ3v) is 4.85. The van der Waals surface area contributed by atoms with Crippen molar-refractivity contribution in [3.63, 3.8) is 0 Å². The Balaban J connectivity index is 1.89. The van der Waals surface area contributed by atoms with Gasteiger partial charge in [-0.05, 0) is 49.3 Å². The molecule has 2 aromatic rings. The predicted octanol–water partition coefficient (Wildman–Crippen LogP) is 3.20. The number of thiocarbonyl (C=S) groups is 1. The van der Waals surface area contributed by atoms with E-state index in [0.29, 0.717) is 35.3 Å². The van der Waals surface area contributed by atoms with Crippen molar-refractivity contribution in [2.75, 3.05) is 13.7 Å². The maximum atomic E-state index is 13.1. The summed E-state index contributed by atoms with van der Waals surface area (Å²) in [5.74, 6) is 1.11. The fourth-order valence-electron chi connectivity index (χ4n) is 3.26. The zero-order valence-electron chi connectivity index (χ0n) is 16.7. The number of allylic oxidation sites excluding steroid dienone is 1. The number of hydrogen-bond acceptors (Lipinski definition) is 4. The summed E-state index contributed by atoms with van der Waals surface area (Å²) in [6, 6.07) is 15.0. The second-order valence-electron chi connectivity index (χ2n) is 6.58. The molecular formula is C22H25N3O3S. The van der Waals surface area contributed by atoms with E-state index in [1.807, 2.05) is 62.4 Å². The molecule has 29 heavy (non-hydrogen) atoms. The largest absolute Gasteiger partial charge is 0.493 e. The molecule has 0 saturated carbocycles. The van der Waals surface area contributed by atoms with Crippen LogP contribution in [0.5, 0.6) is 11.5 Å². The highest BCUT2D eigenvalue weighted by atomic mass is 32.1. The van der Waals surface area contributed by atoms with Crippen LogP contribution in [0.2, 0.25) is 0 Å². The Morgan fingerprint density at radius 2 is 1.93 bits per heavy atom. The molecule has 0 aliphatic carbocycles. The molecule has 3 N–H and O–H groups in total. The van der Waals surface area contributed by atoms with Gasteiger partial charge in [0.15, 0.2) is 16.6 Å². The number of rotatable bonds is 7. The minimum atomic E-state index is -0.398. The lowest BCUT2D eigenvalue weighted by atomic mass is 9.94. The number of nitrogens with one attached hydrogen (secondary N) is 3. The molecule has 0 unspecified atom stereocenters. The maximum Gasteiger partial charge on any atom is 0.251 e. The summed E-state index contributed by atoms with van der Waals surface area (Å²) in [5.41, 5.74) is 3.20. The van der Waals surface area contributed by atoms with Gasteiger partial charge in [0.05, 0.1) is 25.3 Å². The second-order valence-corrected chi connectivity index (χ2v) is 6.99. The number of amides is 1. The number of carbonyl (C=O) groups excluding carboxylic acids is 1. The van der Waals surface area contributed by atoms with Crippen LogP contribution in [-0.4, -0.2) is 24.7 Å². The molecule has 1 aliphatic heterocycles. The Morgan fingerprint density at radius 1 is 1.17 bits per heavy atom. The molecule has 1 heterocycles. The minimum Gasteiger partial charge on any atom is -0.493 e. The van der Waals surface area contributed by atoms with Crippen molar-refractivity contribution in [2.24, 2.45) is 0 Å². The Bertz CT molecular complexity index is 928. The lowest BCUT2D eigenvalue weighted by Gasteiger charge is -2.30. The fraction of sp³-hybridized carbons (Fsp3) is 0.273. The summed E-state index contributed by atoms with van der Waals surface area (Å²) < 4.78 is 11.1. The monoisotopic (exact) mass is 411 g/mol. The summed E-state index contributed by atoms with van der Waals surface area (Å²) in [7, 11) is 1.60. The Labute approximate surface area is 176 Å². The van der Waals surface area contributed by atoms with Crippen molar-refractivity contribution in [1.82, 2.24) is 16.0 Å². The molecule has 0 fully saturated rings. The highest BCUT2D eigenvalue weighted by molar-refractivity contribution is 7.80. The van der Waals surface area contributed by atoms with Gasteiger partial charge in [-0.25, -0.2) is 0 Å². The molecule has 0 saturated heterocycles. The zero-order chi connectivity index (χ0) is 20.8. The third-order valence-electron chi connectivity index (χ3n) is 4.63.